The van der Waals surface area contributed by atoms with Crippen molar-refractivity contribution in [2.45, 2.75) is 32.3 Å². The largest absolute Gasteiger partial charge is 0.481 e. The summed E-state index contributed by atoms with van der Waals surface area (Å²) in [4.78, 5) is 24.5. The van der Waals surface area contributed by atoms with E-state index in [0.717, 1.165) is 12.8 Å². The van der Waals surface area contributed by atoms with Crippen molar-refractivity contribution >= 4 is 11.9 Å². The summed E-state index contributed by atoms with van der Waals surface area (Å²) in [5.74, 6) is -0.533. The van der Waals surface area contributed by atoms with Crippen molar-refractivity contribution in [3.05, 3.63) is 0 Å². The first kappa shape index (κ1) is 12.4. The number of hydrogen-bond acceptors (Lipinski definition) is 3. The molecule has 0 aromatic heterocycles. The Bertz CT molecular complexity index is 318. The Kier molecular flexibility index (Phi) is 3.66. The molecule has 2 fully saturated rings. The molecule has 0 aliphatic carbocycles. The number of hydrogen-bond donors (Lipinski definition) is 1. The topological polar surface area (TPSA) is 66.8 Å². The fourth-order valence-electron chi connectivity index (χ4n) is 2.69. The van der Waals surface area contributed by atoms with Gasteiger partial charge < -0.3 is 14.7 Å². The lowest BCUT2D eigenvalue weighted by atomic mass is 10.0. The van der Waals surface area contributed by atoms with E-state index in [9.17, 15) is 9.59 Å². The molecule has 3 atom stereocenters. The van der Waals surface area contributed by atoms with Crippen molar-refractivity contribution in [1.29, 1.82) is 0 Å². The van der Waals surface area contributed by atoms with Crippen molar-refractivity contribution in [1.82, 2.24) is 4.90 Å². The molecule has 17 heavy (non-hydrogen) atoms. The van der Waals surface area contributed by atoms with Crippen LogP contribution in [0.15, 0.2) is 0 Å². The van der Waals surface area contributed by atoms with Crippen LogP contribution in [0.2, 0.25) is 0 Å². The number of rotatable bonds is 3. The Morgan fingerprint density at radius 3 is 2.82 bits per heavy atom. The van der Waals surface area contributed by atoms with Crippen LogP contribution in [0.25, 0.3) is 0 Å². The summed E-state index contributed by atoms with van der Waals surface area (Å²) in [5, 5.41) is 8.72. The highest BCUT2D eigenvalue weighted by atomic mass is 16.5. The van der Waals surface area contributed by atoms with Gasteiger partial charge in [-0.1, -0.05) is 0 Å². The minimum Gasteiger partial charge on any atom is -0.481 e. The number of carbonyl (C=O) groups is 2. The molecule has 2 heterocycles. The number of carboxylic acid groups (broad SMARTS) is 1. The zero-order valence-electron chi connectivity index (χ0n) is 10.1. The summed E-state index contributed by atoms with van der Waals surface area (Å²) in [5.41, 5.74) is 0. The van der Waals surface area contributed by atoms with Crippen molar-refractivity contribution in [3.8, 4) is 0 Å². The Balaban J connectivity index is 1.83. The van der Waals surface area contributed by atoms with Gasteiger partial charge in [0, 0.05) is 19.5 Å². The van der Waals surface area contributed by atoms with Crippen LogP contribution in [-0.4, -0.2) is 47.7 Å². The summed E-state index contributed by atoms with van der Waals surface area (Å²) in [7, 11) is 0. The average molecular weight is 241 g/mol. The first-order valence-corrected chi connectivity index (χ1v) is 6.18. The Labute approximate surface area is 101 Å². The molecule has 0 spiro atoms. The van der Waals surface area contributed by atoms with E-state index in [2.05, 4.69) is 0 Å². The maximum atomic E-state index is 12.1. The molecular weight excluding hydrogens is 222 g/mol. The summed E-state index contributed by atoms with van der Waals surface area (Å²) in [6.45, 7) is 3.78. The summed E-state index contributed by atoms with van der Waals surface area (Å²) in [6.07, 6.45) is 1.93. The summed E-state index contributed by atoms with van der Waals surface area (Å²) >= 11 is 0. The quantitative estimate of drug-likeness (QED) is 0.791. The van der Waals surface area contributed by atoms with E-state index >= 15 is 0 Å². The second kappa shape index (κ2) is 5.04. The van der Waals surface area contributed by atoms with Crippen LogP contribution in [0.3, 0.4) is 0 Å². The van der Waals surface area contributed by atoms with Crippen molar-refractivity contribution in [2.24, 2.45) is 11.8 Å². The Morgan fingerprint density at radius 1 is 1.47 bits per heavy atom. The third-order valence-corrected chi connectivity index (χ3v) is 3.61. The van der Waals surface area contributed by atoms with Gasteiger partial charge in [0.1, 0.15) is 0 Å². The van der Waals surface area contributed by atoms with Gasteiger partial charge in [-0.25, -0.2) is 0 Å². The van der Waals surface area contributed by atoms with E-state index in [1.165, 1.54) is 0 Å². The predicted molar refractivity (Wildman–Crippen MR) is 60.5 cm³/mol. The molecule has 0 saturated carbocycles. The van der Waals surface area contributed by atoms with Crippen LogP contribution in [-0.2, 0) is 14.3 Å². The average Bonchev–Trinajstić information content (AvgIpc) is 2.85. The molecule has 5 nitrogen and oxygen atoms in total. The van der Waals surface area contributed by atoms with Gasteiger partial charge in [0.05, 0.1) is 18.6 Å². The lowest BCUT2D eigenvalue weighted by Gasteiger charge is -2.19. The number of ether oxygens (including phenoxy) is 1. The zero-order chi connectivity index (χ0) is 12.4. The Morgan fingerprint density at radius 2 is 2.24 bits per heavy atom. The molecule has 0 aromatic rings. The van der Waals surface area contributed by atoms with E-state index in [1.54, 1.807) is 4.90 Å². The van der Waals surface area contributed by atoms with Gasteiger partial charge >= 0.3 is 5.97 Å². The highest BCUT2D eigenvalue weighted by Crippen LogP contribution is 2.26. The highest BCUT2D eigenvalue weighted by molar-refractivity contribution is 5.79. The number of nitrogens with zero attached hydrogens (tertiary/aromatic N) is 1. The summed E-state index contributed by atoms with van der Waals surface area (Å²) < 4.78 is 5.40. The fourth-order valence-corrected chi connectivity index (χ4v) is 2.69. The third kappa shape index (κ3) is 2.97. The molecule has 96 valence electrons. The van der Waals surface area contributed by atoms with E-state index in [0.29, 0.717) is 19.7 Å². The lowest BCUT2D eigenvalue weighted by molar-refractivity contribution is -0.139. The van der Waals surface area contributed by atoms with Crippen molar-refractivity contribution in [2.75, 3.05) is 19.7 Å². The normalized spacial score (nSPS) is 33.0. The van der Waals surface area contributed by atoms with Crippen LogP contribution >= 0.6 is 0 Å². The molecule has 5 heteroatoms. The fraction of sp³-hybridized carbons (Fsp3) is 0.833. The molecule has 1 N–H and O–H groups in total. The van der Waals surface area contributed by atoms with Crippen LogP contribution < -0.4 is 0 Å². The van der Waals surface area contributed by atoms with Crippen molar-refractivity contribution in [3.63, 3.8) is 0 Å². The van der Waals surface area contributed by atoms with E-state index in [1.807, 2.05) is 6.92 Å². The van der Waals surface area contributed by atoms with Gasteiger partial charge in [0.2, 0.25) is 5.91 Å². The molecule has 2 saturated heterocycles. The number of carbonyl (C=O) groups excluding carboxylic acids is 1. The molecule has 0 radical (unpaired) electrons. The van der Waals surface area contributed by atoms with Gasteiger partial charge in [-0.2, -0.15) is 0 Å². The van der Waals surface area contributed by atoms with E-state index in [4.69, 9.17) is 9.84 Å². The van der Waals surface area contributed by atoms with E-state index < -0.39 is 5.97 Å². The molecular formula is C12H19NO4. The monoisotopic (exact) mass is 241 g/mol. The first-order chi connectivity index (χ1) is 8.06. The molecule has 2 aliphatic heterocycles. The van der Waals surface area contributed by atoms with Crippen LogP contribution in [0.5, 0.6) is 0 Å². The second-order valence-electron chi connectivity index (χ2n) is 5.11. The lowest BCUT2D eigenvalue weighted by Crippen LogP contribution is -2.35. The second-order valence-corrected chi connectivity index (χ2v) is 5.11. The minimum atomic E-state index is -0.776. The molecule has 2 aliphatic rings. The number of carboxylic acids is 1. The summed E-state index contributed by atoms with van der Waals surface area (Å²) in [6, 6.07) is 0. The van der Waals surface area contributed by atoms with Crippen LogP contribution in [0.1, 0.15) is 26.2 Å². The molecule has 0 aromatic carbocycles. The van der Waals surface area contributed by atoms with Gasteiger partial charge in [0.25, 0.3) is 0 Å². The van der Waals surface area contributed by atoms with Gasteiger partial charge in [-0.3, -0.25) is 9.59 Å². The zero-order valence-corrected chi connectivity index (χ0v) is 10.1. The first-order valence-electron chi connectivity index (χ1n) is 6.18. The number of amides is 1. The Hall–Kier alpha value is -1.10. The number of aliphatic carboxylic acids is 1. The number of likely N-dealkylation sites (tertiary alicyclic amines) is 1. The van der Waals surface area contributed by atoms with E-state index in [-0.39, 0.29) is 30.3 Å². The van der Waals surface area contributed by atoms with Crippen LogP contribution in [0, 0.1) is 11.8 Å². The SMILES string of the molecule is CC1CC(C(=O)N2CCC(CC(=O)O)C2)CO1. The molecule has 0 bridgehead atoms. The molecule has 1 amide bonds. The standard InChI is InChI=1S/C12H19NO4/c1-8-4-10(7-17-8)12(16)13-3-2-9(6-13)5-11(14)15/h8-10H,2-7H2,1H3,(H,14,15). The smallest absolute Gasteiger partial charge is 0.303 e. The van der Waals surface area contributed by atoms with Gasteiger partial charge in [0.15, 0.2) is 0 Å². The van der Waals surface area contributed by atoms with Gasteiger partial charge in [-0.15, -0.1) is 0 Å². The minimum absolute atomic E-state index is 0.0198. The highest BCUT2D eigenvalue weighted by Gasteiger charge is 2.35. The maximum absolute atomic E-state index is 12.1. The maximum Gasteiger partial charge on any atom is 0.303 e. The third-order valence-electron chi connectivity index (χ3n) is 3.61. The molecule has 3 unspecified atom stereocenters. The van der Waals surface area contributed by atoms with Crippen molar-refractivity contribution < 1.29 is 19.4 Å². The van der Waals surface area contributed by atoms with Gasteiger partial charge in [-0.05, 0) is 25.7 Å². The van der Waals surface area contributed by atoms with Crippen LogP contribution in [0.4, 0.5) is 0 Å². The predicted octanol–water partition coefficient (Wildman–Crippen LogP) is 0.735. The molecule has 2 rings (SSSR count).